The lowest BCUT2D eigenvalue weighted by atomic mass is 10.0. The third-order valence-corrected chi connectivity index (χ3v) is 3.88. The zero-order valence-electron chi connectivity index (χ0n) is 14.0. The van der Waals surface area contributed by atoms with Crippen LogP contribution >= 0.6 is 0 Å². The van der Waals surface area contributed by atoms with E-state index in [2.05, 4.69) is 0 Å². The first-order valence-electron chi connectivity index (χ1n) is 8.14. The highest BCUT2D eigenvalue weighted by atomic mass is 16.6. The molecule has 0 aliphatic carbocycles. The molecular formula is C20H19NO4. The number of carbonyl (C=O) groups is 2. The van der Waals surface area contributed by atoms with E-state index in [0.717, 1.165) is 16.7 Å². The van der Waals surface area contributed by atoms with Gasteiger partial charge in [-0.2, -0.15) is 0 Å². The molecule has 0 atom stereocenters. The van der Waals surface area contributed by atoms with E-state index >= 15 is 0 Å². The lowest BCUT2D eigenvalue weighted by molar-refractivity contribution is -0.140. The molecule has 5 nitrogen and oxygen atoms in total. The number of benzene rings is 2. The minimum atomic E-state index is -0.572. The van der Waals surface area contributed by atoms with Gasteiger partial charge in [-0.3, -0.25) is 4.90 Å². The molecule has 0 aromatic heterocycles. The van der Waals surface area contributed by atoms with Crippen LogP contribution in [-0.4, -0.2) is 23.6 Å². The minimum absolute atomic E-state index is 0.147. The van der Waals surface area contributed by atoms with Crippen molar-refractivity contribution in [1.29, 1.82) is 0 Å². The molecular weight excluding hydrogens is 318 g/mol. The lowest BCUT2D eigenvalue weighted by Crippen LogP contribution is -2.36. The van der Waals surface area contributed by atoms with Crippen LogP contribution in [0.1, 0.15) is 23.6 Å². The molecule has 0 spiro atoms. The van der Waals surface area contributed by atoms with Crippen molar-refractivity contribution in [2.45, 2.75) is 20.1 Å². The summed E-state index contributed by atoms with van der Waals surface area (Å²) in [6.45, 7) is 2.39. The Morgan fingerprint density at radius 3 is 2.48 bits per heavy atom. The number of amides is 1. The first-order valence-corrected chi connectivity index (χ1v) is 8.14. The minimum Gasteiger partial charge on any atom is -0.461 e. The van der Waals surface area contributed by atoms with Crippen molar-refractivity contribution in [3.63, 3.8) is 0 Å². The van der Waals surface area contributed by atoms with Gasteiger partial charge in [-0.25, -0.2) is 9.59 Å². The van der Waals surface area contributed by atoms with Crippen LogP contribution in [0.15, 0.2) is 60.3 Å². The number of ether oxygens (including phenoxy) is 2. The lowest BCUT2D eigenvalue weighted by Gasteiger charge is -2.28. The predicted octanol–water partition coefficient (Wildman–Crippen LogP) is 3.74. The second-order valence-corrected chi connectivity index (χ2v) is 5.58. The van der Waals surface area contributed by atoms with Gasteiger partial charge in [0.2, 0.25) is 0 Å². The Bertz CT molecular complexity index is 798. The Morgan fingerprint density at radius 2 is 1.72 bits per heavy atom. The van der Waals surface area contributed by atoms with Crippen LogP contribution in [0.25, 0.3) is 6.08 Å². The Morgan fingerprint density at radius 1 is 1.00 bits per heavy atom. The molecule has 1 amide bonds. The van der Waals surface area contributed by atoms with Crippen LogP contribution in [0.2, 0.25) is 0 Å². The van der Waals surface area contributed by atoms with E-state index in [1.807, 2.05) is 54.6 Å². The number of carbonyl (C=O) groups excluding carboxylic acids is 2. The standard InChI is InChI=1S/C20H19NO4/c1-2-24-19(22)18-12-16-10-6-7-11-17(16)13-21(18)20(23)25-14-15-8-4-3-5-9-15/h3-12H,2,13-14H2,1H3. The van der Waals surface area contributed by atoms with Crippen molar-refractivity contribution >= 4 is 18.1 Å². The van der Waals surface area contributed by atoms with E-state index < -0.39 is 12.1 Å². The van der Waals surface area contributed by atoms with Crippen LogP contribution < -0.4 is 0 Å². The second-order valence-electron chi connectivity index (χ2n) is 5.58. The zero-order chi connectivity index (χ0) is 17.6. The summed E-state index contributed by atoms with van der Waals surface area (Å²) in [5.41, 5.74) is 2.93. The van der Waals surface area contributed by atoms with Crippen LogP contribution in [0.3, 0.4) is 0 Å². The number of esters is 1. The smallest absolute Gasteiger partial charge is 0.415 e. The fourth-order valence-electron chi connectivity index (χ4n) is 2.63. The Kier molecular flexibility index (Phi) is 5.14. The van der Waals surface area contributed by atoms with Gasteiger partial charge in [0.05, 0.1) is 13.2 Å². The topological polar surface area (TPSA) is 55.8 Å². The summed E-state index contributed by atoms with van der Waals surface area (Å²) in [5.74, 6) is -0.534. The summed E-state index contributed by atoms with van der Waals surface area (Å²) in [6.07, 6.45) is 1.10. The predicted molar refractivity (Wildman–Crippen MR) is 93.2 cm³/mol. The van der Waals surface area contributed by atoms with Gasteiger partial charge in [-0.1, -0.05) is 54.6 Å². The van der Waals surface area contributed by atoms with Crippen LogP contribution in [0.4, 0.5) is 4.79 Å². The summed E-state index contributed by atoms with van der Waals surface area (Å²) in [7, 11) is 0. The van der Waals surface area contributed by atoms with E-state index in [1.165, 1.54) is 4.90 Å². The average molecular weight is 337 g/mol. The molecule has 1 heterocycles. The highest BCUT2D eigenvalue weighted by Crippen LogP contribution is 2.26. The average Bonchev–Trinajstić information content (AvgIpc) is 2.66. The molecule has 0 radical (unpaired) electrons. The molecule has 1 aliphatic heterocycles. The van der Waals surface area contributed by atoms with Gasteiger partial charge in [0.25, 0.3) is 0 Å². The van der Waals surface area contributed by atoms with E-state index in [0.29, 0.717) is 0 Å². The monoisotopic (exact) mass is 337 g/mol. The third kappa shape index (κ3) is 3.88. The van der Waals surface area contributed by atoms with Crippen molar-refractivity contribution in [2.24, 2.45) is 0 Å². The van der Waals surface area contributed by atoms with Crippen molar-refractivity contribution in [2.75, 3.05) is 6.61 Å². The van der Waals surface area contributed by atoms with Crippen LogP contribution in [0.5, 0.6) is 0 Å². The molecule has 0 bridgehead atoms. The number of hydrogen-bond donors (Lipinski definition) is 0. The summed E-state index contributed by atoms with van der Waals surface area (Å²) < 4.78 is 10.5. The fraction of sp³-hybridized carbons (Fsp3) is 0.200. The van der Waals surface area contributed by atoms with Crippen molar-refractivity contribution in [1.82, 2.24) is 4.90 Å². The number of fused-ring (bicyclic) bond motifs is 1. The van der Waals surface area contributed by atoms with Gasteiger partial charge in [0.15, 0.2) is 0 Å². The van der Waals surface area contributed by atoms with E-state index in [4.69, 9.17) is 9.47 Å². The van der Waals surface area contributed by atoms with Gasteiger partial charge in [-0.05, 0) is 29.7 Å². The summed E-state index contributed by atoms with van der Waals surface area (Å²) in [5, 5.41) is 0. The van der Waals surface area contributed by atoms with Crippen molar-refractivity contribution in [3.8, 4) is 0 Å². The molecule has 128 valence electrons. The second kappa shape index (κ2) is 7.66. The molecule has 3 rings (SSSR count). The van der Waals surface area contributed by atoms with Gasteiger partial charge in [-0.15, -0.1) is 0 Å². The van der Waals surface area contributed by atoms with Gasteiger partial charge >= 0.3 is 12.1 Å². The first-order chi connectivity index (χ1) is 12.2. The van der Waals surface area contributed by atoms with Gasteiger partial charge < -0.3 is 9.47 Å². The van der Waals surface area contributed by atoms with Gasteiger partial charge in [0, 0.05) is 0 Å². The normalized spacial score (nSPS) is 12.8. The fourth-order valence-corrected chi connectivity index (χ4v) is 2.63. The molecule has 1 aliphatic rings. The quantitative estimate of drug-likeness (QED) is 0.798. The zero-order valence-corrected chi connectivity index (χ0v) is 14.0. The molecule has 5 heteroatoms. The number of nitrogens with zero attached hydrogens (tertiary/aromatic N) is 1. The first kappa shape index (κ1) is 16.8. The summed E-state index contributed by atoms with van der Waals surface area (Å²) >= 11 is 0. The Balaban J connectivity index is 1.80. The maximum Gasteiger partial charge on any atom is 0.415 e. The van der Waals surface area contributed by atoms with Crippen LogP contribution in [-0.2, 0) is 27.4 Å². The highest BCUT2D eigenvalue weighted by Gasteiger charge is 2.30. The number of rotatable bonds is 4. The van der Waals surface area contributed by atoms with E-state index in [1.54, 1.807) is 13.0 Å². The van der Waals surface area contributed by atoms with Gasteiger partial charge in [0.1, 0.15) is 12.3 Å². The Labute approximate surface area is 146 Å². The third-order valence-electron chi connectivity index (χ3n) is 3.88. The molecule has 0 saturated carbocycles. The molecule has 0 unspecified atom stereocenters. The number of hydrogen-bond acceptors (Lipinski definition) is 4. The summed E-state index contributed by atoms with van der Waals surface area (Å²) in [6, 6.07) is 17.0. The highest BCUT2D eigenvalue weighted by molar-refractivity contribution is 5.97. The van der Waals surface area contributed by atoms with Crippen LogP contribution in [0, 0.1) is 0 Å². The molecule has 25 heavy (non-hydrogen) atoms. The molecule has 0 saturated heterocycles. The maximum atomic E-state index is 12.6. The van der Waals surface area contributed by atoms with E-state index in [-0.39, 0.29) is 25.5 Å². The molecule has 0 N–H and O–H groups in total. The van der Waals surface area contributed by atoms with Crippen molar-refractivity contribution in [3.05, 3.63) is 77.0 Å². The SMILES string of the molecule is CCOC(=O)C1=Cc2ccccc2CN1C(=O)OCc1ccccc1. The molecule has 2 aromatic carbocycles. The van der Waals surface area contributed by atoms with Crippen molar-refractivity contribution < 1.29 is 19.1 Å². The van der Waals surface area contributed by atoms with E-state index in [9.17, 15) is 9.59 Å². The molecule has 0 fully saturated rings. The maximum absolute atomic E-state index is 12.6. The largest absolute Gasteiger partial charge is 0.461 e. The molecule has 2 aromatic rings. The Hall–Kier alpha value is -3.08. The summed E-state index contributed by atoms with van der Waals surface area (Å²) in [4.78, 5) is 26.1.